The van der Waals surface area contributed by atoms with E-state index in [2.05, 4.69) is 39.0 Å². The monoisotopic (exact) mass is 331 g/mol. The van der Waals surface area contributed by atoms with E-state index in [0.717, 1.165) is 18.9 Å². The molecular weight excluding hydrogens is 310 g/mol. The van der Waals surface area contributed by atoms with Gasteiger partial charge in [-0.15, -0.1) is 0 Å². The van der Waals surface area contributed by atoms with Crippen LogP contribution in [0.5, 0.6) is 0 Å². The maximum absolute atomic E-state index is 11.8. The second-order valence-corrected chi connectivity index (χ2v) is 6.44. The van der Waals surface area contributed by atoms with Crippen LogP contribution in [0.25, 0.3) is 0 Å². The molecule has 0 bridgehead atoms. The minimum absolute atomic E-state index is 0.0647. The van der Waals surface area contributed by atoms with Crippen LogP contribution >= 0.6 is 11.3 Å². The van der Waals surface area contributed by atoms with E-state index in [1.54, 1.807) is 17.5 Å². The highest BCUT2D eigenvalue weighted by Crippen LogP contribution is 2.29. The number of carbonyl (C=O) groups is 1. The molecule has 1 amide bonds. The normalized spacial score (nSPS) is 21.2. The fraction of sp³-hybridized carbons (Fsp3) is 0.412. The molecule has 0 radical (unpaired) electrons. The van der Waals surface area contributed by atoms with Gasteiger partial charge in [-0.25, -0.2) is 4.98 Å². The number of anilines is 1. The average Bonchev–Trinajstić information content (AvgIpc) is 3.09. The van der Waals surface area contributed by atoms with E-state index in [9.17, 15) is 4.79 Å². The summed E-state index contributed by atoms with van der Waals surface area (Å²) in [5.74, 6) is 0.798. The van der Waals surface area contributed by atoms with Gasteiger partial charge in [-0.05, 0) is 48.4 Å². The second-order valence-electron chi connectivity index (χ2n) is 5.66. The molecule has 0 spiro atoms. The van der Waals surface area contributed by atoms with Gasteiger partial charge in [0.05, 0.1) is 11.7 Å². The number of morpholine rings is 1. The minimum atomic E-state index is -0.0851. The van der Waals surface area contributed by atoms with Crippen LogP contribution in [0.3, 0.4) is 0 Å². The SMILES string of the molecule is CCNC(=O)c1ccc(N2CC(C)OC(c3ccsc3)C2)nc1. The van der Waals surface area contributed by atoms with Crippen molar-refractivity contribution < 1.29 is 9.53 Å². The lowest BCUT2D eigenvalue weighted by Crippen LogP contribution is -2.43. The predicted molar refractivity (Wildman–Crippen MR) is 92.1 cm³/mol. The van der Waals surface area contributed by atoms with E-state index in [0.29, 0.717) is 12.1 Å². The number of hydrogen-bond acceptors (Lipinski definition) is 5. The zero-order chi connectivity index (χ0) is 16.2. The van der Waals surface area contributed by atoms with Crippen molar-refractivity contribution in [3.63, 3.8) is 0 Å². The first kappa shape index (κ1) is 16.0. The van der Waals surface area contributed by atoms with E-state index in [1.807, 2.05) is 19.1 Å². The topological polar surface area (TPSA) is 54.5 Å². The molecule has 23 heavy (non-hydrogen) atoms. The van der Waals surface area contributed by atoms with E-state index in [4.69, 9.17) is 4.74 Å². The van der Waals surface area contributed by atoms with Crippen molar-refractivity contribution in [1.82, 2.24) is 10.3 Å². The Balaban J connectivity index is 1.74. The third kappa shape index (κ3) is 3.71. The van der Waals surface area contributed by atoms with E-state index < -0.39 is 0 Å². The fourth-order valence-corrected chi connectivity index (χ4v) is 3.45. The van der Waals surface area contributed by atoms with Crippen LogP contribution in [0.4, 0.5) is 5.82 Å². The summed E-state index contributed by atoms with van der Waals surface area (Å²) in [6.07, 6.45) is 1.84. The number of carbonyl (C=O) groups excluding carboxylic acids is 1. The van der Waals surface area contributed by atoms with Gasteiger partial charge in [0.2, 0.25) is 0 Å². The number of amides is 1. The summed E-state index contributed by atoms with van der Waals surface area (Å²) in [6.45, 7) is 6.17. The predicted octanol–water partition coefficient (Wildman–Crippen LogP) is 2.86. The number of aromatic nitrogens is 1. The fourth-order valence-electron chi connectivity index (χ4n) is 2.75. The molecule has 2 unspecified atom stereocenters. The Labute approximate surface area is 140 Å². The van der Waals surface area contributed by atoms with Crippen molar-refractivity contribution in [3.8, 4) is 0 Å². The maximum Gasteiger partial charge on any atom is 0.252 e. The number of rotatable bonds is 4. The Kier molecular flexibility index (Phi) is 4.93. The third-order valence-corrected chi connectivity index (χ3v) is 4.55. The lowest BCUT2D eigenvalue weighted by Gasteiger charge is -2.37. The molecule has 1 aliphatic rings. The van der Waals surface area contributed by atoms with Gasteiger partial charge in [-0.1, -0.05) is 0 Å². The molecule has 122 valence electrons. The molecule has 1 saturated heterocycles. The number of ether oxygens (including phenoxy) is 1. The first-order chi connectivity index (χ1) is 11.2. The summed E-state index contributed by atoms with van der Waals surface area (Å²) >= 11 is 1.68. The lowest BCUT2D eigenvalue weighted by molar-refractivity contribution is -0.0174. The molecule has 5 nitrogen and oxygen atoms in total. The first-order valence-corrected chi connectivity index (χ1v) is 8.78. The second kappa shape index (κ2) is 7.10. The molecule has 2 aromatic rings. The van der Waals surface area contributed by atoms with Crippen molar-refractivity contribution in [2.75, 3.05) is 24.5 Å². The number of nitrogens with zero attached hydrogens (tertiary/aromatic N) is 2. The highest BCUT2D eigenvalue weighted by atomic mass is 32.1. The smallest absolute Gasteiger partial charge is 0.252 e. The summed E-state index contributed by atoms with van der Waals surface area (Å²) < 4.78 is 6.05. The molecule has 3 rings (SSSR count). The quantitative estimate of drug-likeness (QED) is 0.936. The molecule has 3 heterocycles. The van der Waals surface area contributed by atoms with Gasteiger partial charge in [-0.3, -0.25) is 4.79 Å². The lowest BCUT2D eigenvalue weighted by atomic mass is 10.1. The molecule has 0 saturated carbocycles. The molecule has 2 aromatic heterocycles. The van der Waals surface area contributed by atoms with Crippen LogP contribution in [-0.4, -0.2) is 36.6 Å². The van der Waals surface area contributed by atoms with E-state index >= 15 is 0 Å². The summed E-state index contributed by atoms with van der Waals surface area (Å²) in [5, 5.41) is 6.98. The highest BCUT2D eigenvalue weighted by Gasteiger charge is 2.27. The Hall–Kier alpha value is -1.92. The van der Waals surface area contributed by atoms with Gasteiger partial charge in [0.1, 0.15) is 11.9 Å². The van der Waals surface area contributed by atoms with Gasteiger partial charge in [-0.2, -0.15) is 11.3 Å². The molecule has 0 aliphatic carbocycles. The van der Waals surface area contributed by atoms with E-state index in [1.165, 1.54) is 5.56 Å². The van der Waals surface area contributed by atoms with Crippen LogP contribution in [0.2, 0.25) is 0 Å². The number of nitrogens with one attached hydrogen (secondary N) is 1. The molecule has 0 aromatic carbocycles. The van der Waals surface area contributed by atoms with Gasteiger partial charge in [0, 0.05) is 25.8 Å². The van der Waals surface area contributed by atoms with Crippen LogP contribution in [0.15, 0.2) is 35.2 Å². The van der Waals surface area contributed by atoms with Crippen LogP contribution in [0, 0.1) is 0 Å². The van der Waals surface area contributed by atoms with Crippen molar-refractivity contribution in [1.29, 1.82) is 0 Å². The van der Waals surface area contributed by atoms with Crippen LogP contribution < -0.4 is 10.2 Å². The van der Waals surface area contributed by atoms with Crippen molar-refractivity contribution in [3.05, 3.63) is 46.3 Å². The largest absolute Gasteiger partial charge is 0.367 e. The molecule has 6 heteroatoms. The Morgan fingerprint density at radius 2 is 2.30 bits per heavy atom. The maximum atomic E-state index is 11.8. The Bertz CT molecular complexity index is 642. The van der Waals surface area contributed by atoms with Gasteiger partial charge in [0.15, 0.2) is 0 Å². The highest BCUT2D eigenvalue weighted by molar-refractivity contribution is 7.07. The Morgan fingerprint density at radius 3 is 2.96 bits per heavy atom. The third-order valence-electron chi connectivity index (χ3n) is 3.85. The molecular formula is C17H21N3O2S. The summed E-state index contributed by atoms with van der Waals surface area (Å²) in [4.78, 5) is 18.5. The van der Waals surface area contributed by atoms with Gasteiger partial charge >= 0.3 is 0 Å². The number of thiophene rings is 1. The summed E-state index contributed by atoms with van der Waals surface area (Å²) in [5.41, 5.74) is 1.80. The molecule has 1 N–H and O–H groups in total. The first-order valence-electron chi connectivity index (χ1n) is 7.84. The van der Waals surface area contributed by atoms with Crippen molar-refractivity contribution in [2.24, 2.45) is 0 Å². The minimum Gasteiger partial charge on any atom is -0.367 e. The molecule has 2 atom stereocenters. The average molecular weight is 331 g/mol. The van der Waals surface area contributed by atoms with Crippen LogP contribution in [0.1, 0.15) is 35.9 Å². The zero-order valence-electron chi connectivity index (χ0n) is 13.4. The molecule has 1 aliphatic heterocycles. The van der Waals surface area contributed by atoms with Gasteiger partial charge in [0.25, 0.3) is 5.91 Å². The number of hydrogen-bond donors (Lipinski definition) is 1. The zero-order valence-corrected chi connectivity index (χ0v) is 14.2. The van der Waals surface area contributed by atoms with Crippen molar-refractivity contribution >= 4 is 23.1 Å². The summed E-state index contributed by atoms with van der Waals surface area (Å²) in [6, 6.07) is 5.84. The standard InChI is InChI=1S/C17H21N3O2S/c1-3-18-17(21)13-4-5-16(19-8-13)20-9-12(2)22-15(10-20)14-6-7-23-11-14/h4-8,11-12,15H,3,9-10H2,1-2H3,(H,18,21). The van der Waals surface area contributed by atoms with Crippen LogP contribution in [-0.2, 0) is 4.74 Å². The molecule has 1 fully saturated rings. The van der Waals surface area contributed by atoms with Crippen molar-refractivity contribution in [2.45, 2.75) is 26.1 Å². The number of pyridine rings is 1. The van der Waals surface area contributed by atoms with E-state index in [-0.39, 0.29) is 18.1 Å². The Morgan fingerprint density at radius 1 is 1.43 bits per heavy atom. The summed E-state index contributed by atoms with van der Waals surface area (Å²) in [7, 11) is 0. The van der Waals surface area contributed by atoms with Gasteiger partial charge < -0.3 is 15.0 Å².